The Labute approximate surface area is 175 Å². The van der Waals surface area contributed by atoms with Crippen LogP contribution in [0.4, 0.5) is 11.5 Å². The average molecular weight is 428 g/mol. The van der Waals surface area contributed by atoms with E-state index in [1.807, 2.05) is 18.7 Å². The fourth-order valence-electron chi connectivity index (χ4n) is 2.72. The average Bonchev–Trinajstić information content (AvgIpc) is 3.37. The van der Waals surface area contributed by atoms with Crippen LogP contribution in [0, 0.1) is 10.1 Å². The van der Waals surface area contributed by atoms with Gasteiger partial charge in [-0.2, -0.15) is 9.78 Å². The lowest BCUT2D eigenvalue weighted by molar-refractivity contribution is -0.384. The number of nitrogens with two attached hydrogens (primary N) is 1. The molecule has 0 radical (unpaired) electrons. The minimum Gasteiger partial charge on any atom is -0.378 e. The molecule has 0 unspecified atom stereocenters. The molecule has 14 heteroatoms. The third-order valence-electron chi connectivity index (χ3n) is 4.40. The molecule has 0 spiro atoms. The highest BCUT2D eigenvalue weighted by Crippen LogP contribution is 2.17. The second-order valence-corrected chi connectivity index (χ2v) is 6.28. The van der Waals surface area contributed by atoms with E-state index in [1.54, 1.807) is 6.07 Å². The molecule has 3 rings (SSSR count). The number of hydrazone groups is 1. The zero-order chi connectivity index (χ0) is 22.4. The standard InChI is InChI=1S/C17H20N10O4/c1-3-25(4-2)10-13-14(20-24-26(13)16-15(18)22-31-23-16)17(28)21-19-9-11-6-5-7-12(8-11)27(29)30/h5-9H,3-4,10H2,1-2H3,(H2,18,22)(H,21,28). The molecule has 3 aromatic rings. The summed E-state index contributed by atoms with van der Waals surface area (Å²) in [5.41, 5.74) is 8.92. The van der Waals surface area contributed by atoms with Gasteiger partial charge in [0.2, 0.25) is 11.6 Å². The number of hydrogen-bond acceptors (Lipinski definition) is 11. The van der Waals surface area contributed by atoms with Crippen molar-refractivity contribution in [1.82, 2.24) is 35.6 Å². The highest BCUT2D eigenvalue weighted by molar-refractivity contribution is 5.94. The molecule has 3 N–H and O–H groups in total. The summed E-state index contributed by atoms with van der Waals surface area (Å²) in [5, 5.41) is 29.9. The molecule has 31 heavy (non-hydrogen) atoms. The van der Waals surface area contributed by atoms with Gasteiger partial charge in [0.05, 0.1) is 16.8 Å². The second-order valence-electron chi connectivity index (χ2n) is 6.28. The van der Waals surface area contributed by atoms with Crippen molar-refractivity contribution in [2.24, 2.45) is 5.10 Å². The summed E-state index contributed by atoms with van der Waals surface area (Å²) in [4.78, 5) is 25.1. The first-order valence-corrected chi connectivity index (χ1v) is 9.27. The Morgan fingerprint density at radius 2 is 2.16 bits per heavy atom. The molecule has 1 amide bonds. The fourth-order valence-corrected chi connectivity index (χ4v) is 2.72. The Morgan fingerprint density at radius 3 is 2.81 bits per heavy atom. The molecule has 0 bridgehead atoms. The fraction of sp³-hybridized carbons (Fsp3) is 0.294. The van der Waals surface area contributed by atoms with Gasteiger partial charge in [-0.1, -0.05) is 31.2 Å². The van der Waals surface area contributed by atoms with Gasteiger partial charge < -0.3 is 5.73 Å². The van der Waals surface area contributed by atoms with Crippen LogP contribution in [0.15, 0.2) is 34.0 Å². The third-order valence-corrected chi connectivity index (χ3v) is 4.40. The Morgan fingerprint density at radius 1 is 1.39 bits per heavy atom. The maximum Gasteiger partial charge on any atom is 0.293 e. The van der Waals surface area contributed by atoms with Gasteiger partial charge in [0.1, 0.15) is 0 Å². The first-order chi connectivity index (χ1) is 14.9. The highest BCUT2D eigenvalue weighted by atomic mass is 16.6. The van der Waals surface area contributed by atoms with E-state index in [1.165, 1.54) is 29.1 Å². The highest BCUT2D eigenvalue weighted by Gasteiger charge is 2.24. The first-order valence-electron chi connectivity index (χ1n) is 9.27. The predicted octanol–water partition coefficient (Wildman–Crippen LogP) is 0.746. The van der Waals surface area contributed by atoms with Crippen molar-refractivity contribution in [3.63, 3.8) is 0 Å². The molecule has 1 aromatic carbocycles. The Bertz CT molecular complexity index is 1100. The quantitative estimate of drug-likeness (QED) is 0.280. The van der Waals surface area contributed by atoms with Gasteiger partial charge in [-0.25, -0.2) is 10.1 Å². The van der Waals surface area contributed by atoms with Crippen LogP contribution in [0.2, 0.25) is 0 Å². The van der Waals surface area contributed by atoms with E-state index in [9.17, 15) is 14.9 Å². The molecule has 162 valence electrons. The minimum atomic E-state index is -0.620. The molecule has 0 saturated heterocycles. The molecule has 0 aliphatic carbocycles. The van der Waals surface area contributed by atoms with E-state index in [4.69, 9.17) is 5.73 Å². The van der Waals surface area contributed by atoms with Crippen LogP contribution in [-0.4, -0.2) is 60.3 Å². The number of nitrogens with one attached hydrogen (secondary N) is 1. The first kappa shape index (κ1) is 21.5. The molecular weight excluding hydrogens is 408 g/mol. The third kappa shape index (κ3) is 4.87. The lowest BCUT2D eigenvalue weighted by Crippen LogP contribution is -2.27. The van der Waals surface area contributed by atoms with Crippen LogP contribution in [0.25, 0.3) is 5.82 Å². The van der Waals surface area contributed by atoms with Gasteiger partial charge in [0.15, 0.2) is 5.69 Å². The number of amides is 1. The Kier molecular flexibility index (Phi) is 6.61. The maximum atomic E-state index is 12.7. The summed E-state index contributed by atoms with van der Waals surface area (Å²) in [6.07, 6.45) is 1.29. The van der Waals surface area contributed by atoms with Crippen LogP contribution in [-0.2, 0) is 6.54 Å². The molecule has 0 aliphatic rings. The topological polar surface area (TPSA) is 183 Å². The largest absolute Gasteiger partial charge is 0.378 e. The Balaban J connectivity index is 1.85. The molecule has 14 nitrogen and oxygen atoms in total. The van der Waals surface area contributed by atoms with E-state index in [2.05, 4.69) is 35.8 Å². The number of benzene rings is 1. The van der Waals surface area contributed by atoms with E-state index >= 15 is 0 Å². The lowest BCUT2D eigenvalue weighted by atomic mass is 10.2. The minimum absolute atomic E-state index is 0.00125. The van der Waals surface area contributed by atoms with Crippen LogP contribution in [0.5, 0.6) is 0 Å². The number of anilines is 1. The normalized spacial score (nSPS) is 11.3. The number of hydrogen-bond donors (Lipinski definition) is 2. The summed E-state index contributed by atoms with van der Waals surface area (Å²) < 4.78 is 5.92. The predicted molar refractivity (Wildman–Crippen MR) is 108 cm³/mol. The van der Waals surface area contributed by atoms with Crippen LogP contribution in [0.3, 0.4) is 0 Å². The zero-order valence-electron chi connectivity index (χ0n) is 16.8. The molecular formula is C17H20N10O4. The summed E-state index contributed by atoms with van der Waals surface area (Å²) in [7, 11) is 0. The number of carbonyl (C=O) groups is 1. The van der Waals surface area contributed by atoms with Crippen LogP contribution < -0.4 is 11.2 Å². The van der Waals surface area contributed by atoms with Crippen molar-refractivity contribution < 1.29 is 14.3 Å². The van der Waals surface area contributed by atoms with Gasteiger partial charge in [0, 0.05) is 24.2 Å². The zero-order valence-corrected chi connectivity index (χ0v) is 16.8. The number of rotatable bonds is 9. The van der Waals surface area contributed by atoms with Crippen molar-refractivity contribution in [2.45, 2.75) is 20.4 Å². The van der Waals surface area contributed by atoms with Gasteiger partial charge in [0.25, 0.3) is 11.6 Å². The van der Waals surface area contributed by atoms with Crippen LogP contribution in [0.1, 0.15) is 35.6 Å². The van der Waals surface area contributed by atoms with Crippen molar-refractivity contribution in [2.75, 3.05) is 18.8 Å². The van der Waals surface area contributed by atoms with E-state index in [0.717, 1.165) is 13.1 Å². The maximum absolute atomic E-state index is 12.7. The SMILES string of the molecule is CCN(CC)Cc1c(C(=O)NN=Cc2cccc([N+](=O)[O-])c2)nnn1-c1nonc1N. The van der Waals surface area contributed by atoms with Crippen molar-refractivity contribution >= 4 is 23.6 Å². The monoisotopic (exact) mass is 428 g/mol. The van der Waals surface area contributed by atoms with E-state index in [-0.39, 0.29) is 23.0 Å². The van der Waals surface area contributed by atoms with E-state index in [0.29, 0.717) is 17.8 Å². The van der Waals surface area contributed by atoms with Crippen molar-refractivity contribution in [3.05, 3.63) is 51.3 Å². The smallest absolute Gasteiger partial charge is 0.293 e. The van der Waals surface area contributed by atoms with Crippen LogP contribution >= 0.6 is 0 Å². The summed E-state index contributed by atoms with van der Waals surface area (Å²) >= 11 is 0. The molecule has 0 atom stereocenters. The summed E-state index contributed by atoms with van der Waals surface area (Å²) in [5.74, 6) is -0.500. The van der Waals surface area contributed by atoms with Gasteiger partial charge in [-0.15, -0.1) is 5.10 Å². The Hall–Kier alpha value is -4.20. The summed E-state index contributed by atoms with van der Waals surface area (Å²) in [6.45, 7) is 5.74. The van der Waals surface area contributed by atoms with Crippen molar-refractivity contribution in [3.8, 4) is 5.82 Å². The number of nitrogens with zero attached hydrogens (tertiary/aromatic N) is 8. The molecule has 0 aliphatic heterocycles. The number of carbonyl (C=O) groups excluding carboxylic acids is 1. The van der Waals surface area contributed by atoms with Gasteiger partial charge in [-0.05, 0) is 23.4 Å². The van der Waals surface area contributed by atoms with Gasteiger partial charge in [-0.3, -0.25) is 19.8 Å². The second kappa shape index (κ2) is 9.53. The van der Waals surface area contributed by atoms with Gasteiger partial charge >= 0.3 is 0 Å². The number of nitrogen functional groups attached to an aromatic ring is 1. The van der Waals surface area contributed by atoms with E-state index < -0.39 is 10.8 Å². The molecule has 2 aromatic heterocycles. The molecule has 2 heterocycles. The molecule has 0 saturated carbocycles. The number of aromatic nitrogens is 5. The van der Waals surface area contributed by atoms with Crippen molar-refractivity contribution in [1.29, 1.82) is 0 Å². The number of nitro benzene ring substituents is 1. The summed E-state index contributed by atoms with van der Waals surface area (Å²) in [6, 6.07) is 5.83. The lowest BCUT2D eigenvalue weighted by Gasteiger charge is -2.18. The number of non-ortho nitro benzene ring substituents is 1. The number of nitro groups is 1. The molecule has 0 fully saturated rings.